The van der Waals surface area contributed by atoms with Gasteiger partial charge in [-0.2, -0.15) is 4.31 Å². The lowest BCUT2D eigenvalue weighted by atomic mass is 10.1. The summed E-state index contributed by atoms with van der Waals surface area (Å²) in [5, 5.41) is 3.11. The number of thiazole rings is 1. The van der Waals surface area contributed by atoms with Crippen molar-refractivity contribution in [3.63, 3.8) is 0 Å². The number of carbonyl (C=O) groups excluding carboxylic acids is 1. The third-order valence-corrected chi connectivity index (χ3v) is 8.12. The highest BCUT2D eigenvalue weighted by atomic mass is 32.2. The molecule has 0 bridgehead atoms. The molecule has 0 aliphatic carbocycles. The molecule has 1 heterocycles. The predicted octanol–water partition coefficient (Wildman–Crippen LogP) is 4.78. The number of amides is 1. The molecule has 0 aliphatic heterocycles. The SMILES string of the molecule is CCCN(CCC)S(=O)(=O)c1ccc2nc(NC(=O)C=Cc3cc(OC)c(OC)c(OC)c3)sc2c1. The second-order valence-electron chi connectivity index (χ2n) is 7.83. The monoisotopic (exact) mass is 533 g/mol. The number of aromatic nitrogens is 1. The van der Waals surface area contributed by atoms with Gasteiger partial charge in [-0.15, -0.1) is 0 Å². The second-order valence-corrected chi connectivity index (χ2v) is 10.8. The number of rotatable bonds is 12. The molecule has 0 saturated heterocycles. The predicted molar refractivity (Wildman–Crippen MR) is 143 cm³/mol. The topological polar surface area (TPSA) is 107 Å². The van der Waals surface area contributed by atoms with Gasteiger partial charge in [0.2, 0.25) is 21.7 Å². The fraction of sp³-hybridized carbons (Fsp3) is 0.360. The van der Waals surface area contributed by atoms with E-state index < -0.39 is 10.0 Å². The van der Waals surface area contributed by atoms with Crippen LogP contribution in [0.2, 0.25) is 0 Å². The summed E-state index contributed by atoms with van der Waals surface area (Å²) in [5.41, 5.74) is 1.29. The van der Waals surface area contributed by atoms with Crippen molar-refractivity contribution in [3.05, 3.63) is 42.0 Å². The van der Waals surface area contributed by atoms with E-state index in [4.69, 9.17) is 14.2 Å². The van der Waals surface area contributed by atoms with Crippen molar-refractivity contribution in [2.45, 2.75) is 31.6 Å². The first-order valence-electron chi connectivity index (χ1n) is 11.5. The summed E-state index contributed by atoms with van der Waals surface area (Å²) in [4.78, 5) is 17.2. The molecule has 3 aromatic rings. The van der Waals surface area contributed by atoms with Crippen LogP contribution in [-0.2, 0) is 14.8 Å². The summed E-state index contributed by atoms with van der Waals surface area (Å²) in [6, 6.07) is 8.29. The molecule has 9 nitrogen and oxygen atoms in total. The average molecular weight is 534 g/mol. The molecule has 0 saturated carbocycles. The molecule has 1 aromatic heterocycles. The summed E-state index contributed by atoms with van der Waals surface area (Å²) < 4.78 is 44.4. The van der Waals surface area contributed by atoms with Crippen molar-refractivity contribution in [2.24, 2.45) is 0 Å². The summed E-state index contributed by atoms with van der Waals surface area (Å²) in [6.07, 6.45) is 4.47. The van der Waals surface area contributed by atoms with Crippen molar-refractivity contribution in [1.29, 1.82) is 0 Å². The number of nitrogens with zero attached hydrogens (tertiary/aromatic N) is 2. The number of ether oxygens (including phenoxy) is 3. The van der Waals surface area contributed by atoms with E-state index >= 15 is 0 Å². The molecule has 0 aliphatic rings. The van der Waals surface area contributed by atoms with E-state index in [1.54, 1.807) is 36.4 Å². The number of anilines is 1. The largest absolute Gasteiger partial charge is 0.493 e. The van der Waals surface area contributed by atoms with Crippen molar-refractivity contribution >= 4 is 48.7 Å². The Kier molecular flexibility index (Phi) is 9.30. The van der Waals surface area contributed by atoms with E-state index in [0.717, 1.165) is 12.8 Å². The molecule has 2 aromatic carbocycles. The zero-order valence-corrected chi connectivity index (χ0v) is 22.7. The summed E-state index contributed by atoms with van der Waals surface area (Å²) in [5.74, 6) is 1.04. The molecule has 11 heteroatoms. The highest BCUT2D eigenvalue weighted by molar-refractivity contribution is 7.89. The van der Waals surface area contributed by atoms with E-state index in [-0.39, 0.29) is 10.8 Å². The summed E-state index contributed by atoms with van der Waals surface area (Å²) in [6.45, 7) is 4.85. The van der Waals surface area contributed by atoms with E-state index in [9.17, 15) is 13.2 Å². The van der Waals surface area contributed by atoms with Gasteiger partial charge in [0.25, 0.3) is 0 Å². The number of methoxy groups -OCH3 is 3. The van der Waals surface area contributed by atoms with Gasteiger partial charge in [-0.3, -0.25) is 10.1 Å². The maximum Gasteiger partial charge on any atom is 0.250 e. The lowest BCUT2D eigenvalue weighted by Gasteiger charge is -2.20. The van der Waals surface area contributed by atoms with Gasteiger partial charge in [0, 0.05) is 19.2 Å². The number of fused-ring (bicyclic) bond motifs is 1. The van der Waals surface area contributed by atoms with E-state index in [1.807, 2.05) is 13.8 Å². The van der Waals surface area contributed by atoms with Crippen LogP contribution in [0.3, 0.4) is 0 Å². The standard InChI is InChI=1S/C25H31N3O6S2/c1-6-12-28(13-7-2)36(30,31)18-9-10-19-22(16-18)35-25(26-19)27-23(29)11-8-17-14-20(32-3)24(34-5)21(15-17)33-4/h8-11,14-16H,6-7,12-13H2,1-5H3,(H,26,27,29). The normalized spacial score (nSPS) is 11.8. The zero-order valence-electron chi connectivity index (χ0n) is 21.0. The van der Waals surface area contributed by atoms with Gasteiger partial charge in [-0.05, 0) is 54.8 Å². The van der Waals surface area contributed by atoms with Crippen molar-refractivity contribution in [1.82, 2.24) is 9.29 Å². The van der Waals surface area contributed by atoms with E-state index in [0.29, 0.717) is 51.2 Å². The lowest BCUT2D eigenvalue weighted by Crippen LogP contribution is -2.32. The minimum Gasteiger partial charge on any atom is -0.493 e. The summed E-state index contributed by atoms with van der Waals surface area (Å²) >= 11 is 1.22. The first kappa shape index (κ1) is 27.4. The number of hydrogen-bond donors (Lipinski definition) is 1. The van der Waals surface area contributed by atoms with Crippen molar-refractivity contribution in [3.8, 4) is 17.2 Å². The quantitative estimate of drug-likeness (QED) is 0.334. The van der Waals surface area contributed by atoms with Gasteiger partial charge in [0.15, 0.2) is 16.6 Å². The van der Waals surface area contributed by atoms with Crippen LogP contribution in [0.5, 0.6) is 17.2 Å². The third kappa shape index (κ3) is 6.15. The van der Waals surface area contributed by atoms with Gasteiger partial charge < -0.3 is 14.2 Å². The highest BCUT2D eigenvalue weighted by Crippen LogP contribution is 2.38. The Labute approximate surface area is 215 Å². The van der Waals surface area contributed by atoms with Crippen LogP contribution in [0, 0.1) is 0 Å². The Morgan fingerprint density at radius 1 is 1.03 bits per heavy atom. The van der Waals surface area contributed by atoms with Crippen LogP contribution < -0.4 is 19.5 Å². The Bertz CT molecular complexity index is 1320. The molecule has 194 valence electrons. The van der Waals surface area contributed by atoms with Gasteiger partial charge in [0.05, 0.1) is 36.4 Å². The first-order valence-corrected chi connectivity index (χ1v) is 13.7. The maximum atomic E-state index is 13.1. The van der Waals surface area contributed by atoms with Crippen LogP contribution in [0.1, 0.15) is 32.3 Å². The number of hydrogen-bond acceptors (Lipinski definition) is 8. The van der Waals surface area contributed by atoms with Crippen LogP contribution in [-0.4, -0.2) is 58.0 Å². The summed E-state index contributed by atoms with van der Waals surface area (Å²) in [7, 11) is 0.958. The molecule has 0 unspecified atom stereocenters. The third-order valence-electron chi connectivity index (χ3n) is 5.29. The molecular formula is C25H31N3O6S2. The molecule has 36 heavy (non-hydrogen) atoms. The van der Waals surface area contributed by atoms with Crippen LogP contribution in [0.4, 0.5) is 5.13 Å². The zero-order chi connectivity index (χ0) is 26.3. The lowest BCUT2D eigenvalue weighted by molar-refractivity contribution is -0.111. The molecule has 3 rings (SSSR count). The highest BCUT2D eigenvalue weighted by Gasteiger charge is 2.24. The molecular weight excluding hydrogens is 502 g/mol. The minimum atomic E-state index is -3.60. The molecule has 1 amide bonds. The van der Waals surface area contributed by atoms with Gasteiger partial charge in [-0.1, -0.05) is 25.2 Å². The average Bonchev–Trinajstić information content (AvgIpc) is 3.27. The molecule has 1 N–H and O–H groups in total. The number of carbonyl (C=O) groups is 1. The Morgan fingerprint density at radius 3 is 2.22 bits per heavy atom. The van der Waals surface area contributed by atoms with Gasteiger partial charge >= 0.3 is 0 Å². The number of benzene rings is 2. The fourth-order valence-electron chi connectivity index (χ4n) is 3.64. The van der Waals surface area contributed by atoms with E-state index in [1.165, 1.54) is 43.0 Å². The first-order chi connectivity index (χ1) is 17.3. The van der Waals surface area contributed by atoms with Crippen molar-refractivity contribution < 1.29 is 27.4 Å². The van der Waals surface area contributed by atoms with Gasteiger partial charge in [-0.25, -0.2) is 13.4 Å². The molecule has 0 radical (unpaired) electrons. The fourth-order valence-corrected chi connectivity index (χ4v) is 6.27. The Balaban J connectivity index is 1.79. The smallest absolute Gasteiger partial charge is 0.250 e. The van der Waals surface area contributed by atoms with Crippen LogP contribution >= 0.6 is 11.3 Å². The molecule has 0 atom stereocenters. The second kappa shape index (κ2) is 12.2. The maximum absolute atomic E-state index is 13.1. The minimum absolute atomic E-state index is 0.223. The van der Waals surface area contributed by atoms with Crippen LogP contribution in [0.25, 0.3) is 16.3 Å². The Morgan fingerprint density at radius 2 is 1.67 bits per heavy atom. The van der Waals surface area contributed by atoms with Gasteiger partial charge in [0.1, 0.15) is 0 Å². The van der Waals surface area contributed by atoms with Crippen molar-refractivity contribution in [2.75, 3.05) is 39.7 Å². The molecule has 0 fully saturated rings. The molecule has 0 spiro atoms. The van der Waals surface area contributed by atoms with E-state index in [2.05, 4.69) is 10.3 Å². The Hall–Kier alpha value is -3.15. The number of nitrogens with one attached hydrogen (secondary N) is 1. The van der Waals surface area contributed by atoms with Crippen LogP contribution in [0.15, 0.2) is 41.3 Å². The number of sulfonamides is 1.